The number of nitrogens with zero attached hydrogens (tertiary/aromatic N) is 3. The normalized spacial score (nSPS) is 18.5. The Hall–Kier alpha value is -0.880. The van der Waals surface area contributed by atoms with Crippen molar-refractivity contribution < 1.29 is 4.79 Å². The van der Waals surface area contributed by atoms with Gasteiger partial charge in [0.05, 0.1) is 11.0 Å². The van der Waals surface area contributed by atoms with Gasteiger partial charge in [-0.2, -0.15) is 0 Å². The first kappa shape index (κ1) is 15.2. The van der Waals surface area contributed by atoms with Crippen LogP contribution >= 0.6 is 12.2 Å². The molecule has 0 aromatic carbocycles. The van der Waals surface area contributed by atoms with E-state index in [-0.39, 0.29) is 12.1 Å². The standard InChI is InChI=1S/C12H24N4OS/c1-4-10(11(13)18)15-6-8-16(9-7-15)12(17)14(3)5-2/h10H,4-9H2,1-3H3,(H2,13,18). The topological polar surface area (TPSA) is 52.8 Å². The van der Waals surface area contributed by atoms with Crippen LogP contribution in [0.25, 0.3) is 0 Å². The van der Waals surface area contributed by atoms with Gasteiger partial charge in [-0.3, -0.25) is 4.90 Å². The molecule has 5 nitrogen and oxygen atoms in total. The zero-order valence-electron chi connectivity index (χ0n) is 11.6. The van der Waals surface area contributed by atoms with Crippen LogP contribution in [0.1, 0.15) is 20.3 Å². The summed E-state index contributed by atoms with van der Waals surface area (Å²) in [6.07, 6.45) is 0.929. The van der Waals surface area contributed by atoms with Crippen LogP contribution < -0.4 is 5.73 Å². The van der Waals surface area contributed by atoms with Crippen LogP contribution in [-0.2, 0) is 0 Å². The maximum Gasteiger partial charge on any atom is 0.319 e. The third kappa shape index (κ3) is 3.55. The number of carbonyl (C=O) groups is 1. The maximum atomic E-state index is 12.0. The number of nitrogens with two attached hydrogens (primary N) is 1. The fraction of sp³-hybridized carbons (Fsp3) is 0.833. The smallest absolute Gasteiger partial charge is 0.319 e. The molecular weight excluding hydrogens is 248 g/mol. The summed E-state index contributed by atoms with van der Waals surface area (Å²) in [5, 5.41) is 0. The van der Waals surface area contributed by atoms with E-state index in [0.717, 1.165) is 39.1 Å². The lowest BCUT2D eigenvalue weighted by Gasteiger charge is -2.39. The van der Waals surface area contributed by atoms with Crippen LogP contribution in [0, 0.1) is 0 Å². The first-order valence-electron chi connectivity index (χ1n) is 6.54. The largest absolute Gasteiger partial charge is 0.392 e. The number of piperazine rings is 1. The second kappa shape index (κ2) is 6.89. The molecule has 1 fully saturated rings. The monoisotopic (exact) mass is 272 g/mol. The van der Waals surface area contributed by atoms with E-state index in [2.05, 4.69) is 11.8 Å². The van der Waals surface area contributed by atoms with E-state index in [4.69, 9.17) is 18.0 Å². The molecule has 0 spiro atoms. The highest BCUT2D eigenvalue weighted by molar-refractivity contribution is 7.80. The summed E-state index contributed by atoms with van der Waals surface area (Å²) in [6.45, 7) is 8.01. The summed E-state index contributed by atoms with van der Waals surface area (Å²) in [5.74, 6) is 0. The zero-order chi connectivity index (χ0) is 13.7. The number of carbonyl (C=O) groups excluding carboxylic acids is 1. The lowest BCUT2D eigenvalue weighted by molar-refractivity contribution is 0.110. The van der Waals surface area contributed by atoms with Gasteiger partial charge in [0.1, 0.15) is 0 Å². The third-order valence-corrected chi connectivity index (χ3v) is 3.81. The van der Waals surface area contributed by atoms with Gasteiger partial charge in [0, 0.05) is 39.8 Å². The fourth-order valence-electron chi connectivity index (χ4n) is 2.24. The molecule has 2 N–H and O–H groups in total. The molecule has 0 saturated carbocycles. The van der Waals surface area contributed by atoms with Crippen molar-refractivity contribution >= 4 is 23.2 Å². The number of rotatable bonds is 4. The summed E-state index contributed by atoms with van der Waals surface area (Å²) in [5.41, 5.74) is 5.74. The van der Waals surface area contributed by atoms with Crippen molar-refractivity contribution in [2.45, 2.75) is 26.3 Å². The second-order valence-electron chi connectivity index (χ2n) is 4.65. The summed E-state index contributed by atoms with van der Waals surface area (Å²) < 4.78 is 0. The van der Waals surface area contributed by atoms with Gasteiger partial charge in [0.15, 0.2) is 0 Å². The number of urea groups is 1. The van der Waals surface area contributed by atoms with Gasteiger partial charge in [-0.05, 0) is 13.3 Å². The molecule has 2 amide bonds. The first-order valence-corrected chi connectivity index (χ1v) is 6.95. The van der Waals surface area contributed by atoms with Crippen LogP contribution in [0.5, 0.6) is 0 Å². The highest BCUT2D eigenvalue weighted by Crippen LogP contribution is 2.11. The van der Waals surface area contributed by atoms with Crippen molar-refractivity contribution in [1.29, 1.82) is 0 Å². The molecule has 1 heterocycles. The van der Waals surface area contributed by atoms with Gasteiger partial charge in [0.25, 0.3) is 0 Å². The number of hydrogen-bond acceptors (Lipinski definition) is 3. The van der Waals surface area contributed by atoms with Crippen molar-refractivity contribution in [2.24, 2.45) is 5.73 Å². The molecule has 0 aromatic rings. The summed E-state index contributed by atoms with van der Waals surface area (Å²) in [4.78, 5) is 18.5. The lowest BCUT2D eigenvalue weighted by Crippen LogP contribution is -2.56. The van der Waals surface area contributed by atoms with E-state index in [9.17, 15) is 4.79 Å². The molecule has 6 heteroatoms. The zero-order valence-corrected chi connectivity index (χ0v) is 12.4. The molecule has 1 unspecified atom stereocenters. The van der Waals surface area contributed by atoms with E-state index in [0.29, 0.717) is 4.99 Å². The van der Waals surface area contributed by atoms with Gasteiger partial charge >= 0.3 is 6.03 Å². The van der Waals surface area contributed by atoms with Gasteiger partial charge < -0.3 is 15.5 Å². The molecule has 1 rings (SSSR count). The van der Waals surface area contributed by atoms with Crippen molar-refractivity contribution in [3.63, 3.8) is 0 Å². The van der Waals surface area contributed by atoms with Crippen LogP contribution in [-0.4, -0.2) is 71.5 Å². The van der Waals surface area contributed by atoms with E-state index < -0.39 is 0 Å². The molecule has 1 saturated heterocycles. The van der Waals surface area contributed by atoms with E-state index in [1.165, 1.54) is 0 Å². The first-order chi connectivity index (χ1) is 8.51. The Balaban J connectivity index is 2.50. The predicted octanol–water partition coefficient (Wildman–Crippen LogP) is 0.740. The van der Waals surface area contributed by atoms with Gasteiger partial charge in [-0.25, -0.2) is 4.79 Å². The number of amides is 2. The molecule has 104 valence electrons. The summed E-state index contributed by atoms with van der Waals surface area (Å²) in [7, 11) is 1.83. The second-order valence-corrected chi connectivity index (χ2v) is 5.12. The van der Waals surface area contributed by atoms with Crippen LogP contribution in [0.2, 0.25) is 0 Å². The van der Waals surface area contributed by atoms with E-state index in [1.807, 2.05) is 18.9 Å². The minimum Gasteiger partial charge on any atom is -0.392 e. The minimum atomic E-state index is 0.112. The Bertz CT molecular complexity index is 302. The quantitative estimate of drug-likeness (QED) is 0.767. The molecular formula is C12H24N4OS. The Kier molecular flexibility index (Phi) is 5.81. The molecule has 0 radical (unpaired) electrons. The Morgan fingerprint density at radius 3 is 2.28 bits per heavy atom. The van der Waals surface area contributed by atoms with Crippen LogP contribution in [0.15, 0.2) is 0 Å². The number of hydrogen-bond donors (Lipinski definition) is 1. The summed E-state index contributed by atoms with van der Waals surface area (Å²) >= 11 is 5.09. The van der Waals surface area contributed by atoms with Crippen molar-refractivity contribution in [3.8, 4) is 0 Å². The highest BCUT2D eigenvalue weighted by Gasteiger charge is 2.27. The van der Waals surface area contributed by atoms with Crippen molar-refractivity contribution in [3.05, 3.63) is 0 Å². The van der Waals surface area contributed by atoms with E-state index >= 15 is 0 Å². The molecule has 18 heavy (non-hydrogen) atoms. The van der Waals surface area contributed by atoms with E-state index in [1.54, 1.807) is 4.90 Å². The highest BCUT2D eigenvalue weighted by atomic mass is 32.1. The summed E-state index contributed by atoms with van der Waals surface area (Å²) in [6, 6.07) is 0.279. The molecule has 1 aliphatic heterocycles. The predicted molar refractivity (Wildman–Crippen MR) is 77.7 cm³/mol. The van der Waals surface area contributed by atoms with Gasteiger partial charge in [0.2, 0.25) is 0 Å². The average Bonchev–Trinajstić information content (AvgIpc) is 2.38. The average molecular weight is 272 g/mol. The molecule has 0 bridgehead atoms. The van der Waals surface area contributed by atoms with Crippen molar-refractivity contribution in [2.75, 3.05) is 39.8 Å². The molecule has 1 aliphatic rings. The van der Waals surface area contributed by atoms with Crippen LogP contribution in [0.4, 0.5) is 4.79 Å². The number of thiocarbonyl (C=S) groups is 1. The fourth-order valence-corrected chi connectivity index (χ4v) is 2.56. The van der Waals surface area contributed by atoms with Gasteiger partial charge in [-0.1, -0.05) is 19.1 Å². The Labute approximate surface area is 115 Å². The van der Waals surface area contributed by atoms with Gasteiger partial charge in [-0.15, -0.1) is 0 Å². The minimum absolute atomic E-state index is 0.112. The molecule has 0 aromatic heterocycles. The Morgan fingerprint density at radius 1 is 1.33 bits per heavy atom. The third-order valence-electron chi connectivity index (χ3n) is 3.54. The SMILES string of the molecule is CCC(C(N)=S)N1CCN(C(=O)N(C)CC)CC1. The lowest BCUT2D eigenvalue weighted by atomic mass is 10.1. The molecule has 1 atom stereocenters. The van der Waals surface area contributed by atoms with Crippen LogP contribution in [0.3, 0.4) is 0 Å². The molecule has 0 aliphatic carbocycles. The Morgan fingerprint density at radius 2 is 1.89 bits per heavy atom. The maximum absolute atomic E-state index is 12.0. The van der Waals surface area contributed by atoms with Crippen molar-refractivity contribution in [1.82, 2.24) is 14.7 Å².